The zero-order chi connectivity index (χ0) is 15.4. The normalized spacial score (nSPS) is 11.0. The lowest BCUT2D eigenvalue weighted by Crippen LogP contribution is -2.21. The Morgan fingerprint density at radius 3 is 2.67 bits per heavy atom. The molecule has 1 aromatic carbocycles. The molecule has 0 aliphatic heterocycles. The number of nitrogens with one attached hydrogen (secondary N) is 1. The summed E-state index contributed by atoms with van der Waals surface area (Å²) < 4.78 is 6.55. The number of hydrogen-bond acceptors (Lipinski definition) is 3. The molecule has 1 aromatic heterocycles. The van der Waals surface area contributed by atoms with Crippen LogP contribution in [0.2, 0.25) is 10.0 Å². The van der Waals surface area contributed by atoms with Gasteiger partial charge in [0.1, 0.15) is 10.8 Å². The Balaban J connectivity index is 2.15. The van der Waals surface area contributed by atoms with Crippen molar-refractivity contribution in [3.05, 3.63) is 50.5 Å². The lowest BCUT2D eigenvalue weighted by molar-refractivity contribution is 0.462. The van der Waals surface area contributed by atoms with Crippen molar-refractivity contribution in [3.8, 4) is 11.6 Å². The van der Waals surface area contributed by atoms with Crippen LogP contribution in [0.4, 0.5) is 0 Å². The minimum Gasteiger partial charge on any atom is -0.436 e. The van der Waals surface area contributed by atoms with E-state index in [0.717, 1.165) is 10.0 Å². The number of halogens is 3. The first-order chi connectivity index (χ1) is 9.95. The third-order valence-electron chi connectivity index (χ3n) is 2.68. The number of rotatable bonds is 5. The molecular formula is C15H15BrCl2N2O. The van der Waals surface area contributed by atoms with Gasteiger partial charge in [-0.3, -0.25) is 0 Å². The van der Waals surface area contributed by atoms with E-state index < -0.39 is 0 Å². The fourth-order valence-electron chi connectivity index (χ4n) is 1.62. The Labute approximate surface area is 142 Å². The molecule has 0 unspecified atom stereocenters. The molecule has 21 heavy (non-hydrogen) atoms. The fraction of sp³-hybridized carbons (Fsp3) is 0.267. The van der Waals surface area contributed by atoms with E-state index in [0.29, 0.717) is 34.3 Å². The third-order valence-corrected chi connectivity index (χ3v) is 3.75. The Kier molecular flexibility index (Phi) is 5.88. The molecule has 0 bridgehead atoms. The van der Waals surface area contributed by atoms with Crippen molar-refractivity contribution < 1.29 is 4.74 Å². The Hall–Kier alpha value is -0.810. The quantitative estimate of drug-likeness (QED) is 0.738. The second-order valence-electron chi connectivity index (χ2n) is 4.84. The lowest BCUT2D eigenvalue weighted by atomic mass is 10.2. The van der Waals surface area contributed by atoms with E-state index in [-0.39, 0.29) is 0 Å². The van der Waals surface area contributed by atoms with Gasteiger partial charge in [0, 0.05) is 23.3 Å². The maximum absolute atomic E-state index is 6.22. The zero-order valence-corrected chi connectivity index (χ0v) is 14.8. The summed E-state index contributed by atoms with van der Waals surface area (Å²) in [4.78, 5) is 4.25. The molecule has 1 N–H and O–H groups in total. The van der Waals surface area contributed by atoms with E-state index in [2.05, 4.69) is 40.1 Å². The predicted molar refractivity (Wildman–Crippen MR) is 90.4 cm³/mol. The van der Waals surface area contributed by atoms with Gasteiger partial charge in [-0.25, -0.2) is 4.98 Å². The predicted octanol–water partition coefficient (Wildman–Crippen LogP) is 5.44. The van der Waals surface area contributed by atoms with Gasteiger partial charge in [0.15, 0.2) is 0 Å². The summed E-state index contributed by atoms with van der Waals surface area (Å²) in [5.74, 6) is 0.846. The molecule has 0 aliphatic carbocycles. The van der Waals surface area contributed by atoms with Gasteiger partial charge < -0.3 is 10.1 Å². The SMILES string of the molecule is CC(C)NCc1cnc(Oc2cc(Br)ccc2Cl)c(Cl)c1. The Morgan fingerprint density at radius 1 is 1.24 bits per heavy atom. The maximum Gasteiger partial charge on any atom is 0.238 e. The number of aromatic nitrogens is 1. The molecule has 0 saturated heterocycles. The van der Waals surface area contributed by atoms with Gasteiger partial charge in [0.05, 0.1) is 5.02 Å². The van der Waals surface area contributed by atoms with Crippen LogP contribution in [-0.2, 0) is 6.54 Å². The monoisotopic (exact) mass is 388 g/mol. The van der Waals surface area contributed by atoms with Crippen LogP contribution in [0.1, 0.15) is 19.4 Å². The second kappa shape index (κ2) is 7.45. The van der Waals surface area contributed by atoms with Crippen molar-refractivity contribution in [3.63, 3.8) is 0 Å². The van der Waals surface area contributed by atoms with Gasteiger partial charge in [0.25, 0.3) is 0 Å². The van der Waals surface area contributed by atoms with E-state index in [1.54, 1.807) is 18.3 Å². The molecule has 3 nitrogen and oxygen atoms in total. The molecule has 2 aromatic rings. The maximum atomic E-state index is 6.22. The smallest absolute Gasteiger partial charge is 0.238 e. The van der Waals surface area contributed by atoms with E-state index in [1.165, 1.54) is 0 Å². The van der Waals surface area contributed by atoms with Gasteiger partial charge in [-0.2, -0.15) is 0 Å². The number of pyridine rings is 1. The Morgan fingerprint density at radius 2 is 2.00 bits per heavy atom. The average molecular weight is 390 g/mol. The second-order valence-corrected chi connectivity index (χ2v) is 6.57. The van der Waals surface area contributed by atoms with Crippen LogP contribution in [0, 0.1) is 0 Å². The average Bonchev–Trinajstić information content (AvgIpc) is 2.43. The van der Waals surface area contributed by atoms with Crippen LogP contribution in [0.5, 0.6) is 11.6 Å². The van der Waals surface area contributed by atoms with Gasteiger partial charge in [-0.05, 0) is 29.8 Å². The van der Waals surface area contributed by atoms with Crippen LogP contribution in [0.25, 0.3) is 0 Å². The summed E-state index contributed by atoms with van der Waals surface area (Å²) in [6.07, 6.45) is 1.74. The number of ether oxygens (including phenoxy) is 1. The van der Waals surface area contributed by atoms with Crippen molar-refractivity contribution in [1.82, 2.24) is 10.3 Å². The highest BCUT2D eigenvalue weighted by Gasteiger charge is 2.10. The summed E-state index contributed by atoms with van der Waals surface area (Å²) in [5, 5.41) is 4.26. The lowest BCUT2D eigenvalue weighted by Gasteiger charge is -2.11. The molecule has 2 rings (SSSR count). The number of hydrogen-bond donors (Lipinski definition) is 1. The van der Waals surface area contributed by atoms with Gasteiger partial charge in [-0.15, -0.1) is 0 Å². The van der Waals surface area contributed by atoms with E-state index in [4.69, 9.17) is 27.9 Å². The summed E-state index contributed by atoms with van der Waals surface area (Å²) in [5.41, 5.74) is 1.00. The van der Waals surface area contributed by atoms with Crippen molar-refractivity contribution in [2.75, 3.05) is 0 Å². The molecule has 0 spiro atoms. The summed E-state index contributed by atoms with van der Waals surface area (Å²) >= 11 is 15.7. The van der Waals surface area contributed by atoms with Crippen molar-refractivity contribution in [2.24, 2.45) is 0 Å². The fourth-order valence-corrected chi connectivity index (χ4v) is 2.34. The highest BCUT2D eigenvalue weighted by molar-refractivity contribution is 9.10. The highest BCUT2D eigenvalue weighted by atomic mass is 79.9. The standard InChI is InChI=1S/C15H15BrCl2N2O/c1-9(2)19-7-10-5-13(18)15(20-8-10)21-14-6-11(16)3-4-12(14)17/h3-6,8-9,19H,7H2,1-2H3. The molecular weight excluding hydrogens is 375 g/mol. The van der Waals surface area contributed by atoms with Crippen LogP contribution in [0.15, 0.2) is 34.9 Å². The van der Waals surface area contributed by atoms with Crippen LogP contribution in [-0.4, -0.2) is 11.0 Å². The molecule has 0 saturated carbocycles. The summed E-state index contributed by atoms with van der Waals surface area (Å²) in [7, 11) is 0. The minimum atomic E-state index is 0.338. The van der Waals surface area contributed by atoms with E-state index >= 15 is 0 Å². The number of benzene rings is 1. The van der Waals surface area contributed by atoms with Crippen molar-refractivity contribution in [2.45, 2.75) is 26.4 Å². The van der Waals surface area contributed by atoms with Crippen molar-refractivity contribution >= 4 is 39.1 Å². The van der Waals surface area contributed by atoms with E-state index in [9.17, 15) is 0 Å². The number of nitrogens with zero attached hydrogens (tertiary/aromatic N) is 1. The minimum absolute atomic E-state index is 0.338. The molecule has 0 radical (unpaired) electrons. The molecule has 0 amide bonds. The van der Waals surface area contributed by atoms with E-state index in [1.807, 2.05) is 12.1 Å². The van der Waals surface area contributed by atoms with Crippen molar-refractivity contribution in [1.29, 1.82) is 0 Å². The summed E-state index contributed by atoms with van der Waals surface area (Å²) in [6.45, 7) is 4.88. The molecule has 0 fully saturated rings. The third kappa shape index (κ3) is 4.85. The molecule has 1 heterocycles. The largest absolute Gasteiger partial charge is 0.436 e. The van der Waals surface area contributed by atoms with Crippen LogP contribution < -0.4 is 10.1 Å². The van der Waals surface area contributed by atoms with Gasteiger partial charge in [0.2, 0.25) is 5.88 Å². The molecule has 0 aliphatic rings. The summed E-state index contributed by atoms with van der Waals surface area (Å²) in [6, 6.07) is 7.60. The van der Waals surface area contributed by atoms with Gasteiger partial charge >= 0.3 is 0 Å². The Bertz CT molecular complexity index is 635. The molecule has 112 valence electrons. The van der Waals surface area contributed by atoms with Crippen LogP contribution >= 0.6 is 39.1 Å². The first kappa shape index (κ1) is 16.6. The highest BCUT2D eigenvalue weighted by Crippen LogP contribution is 2.34. The molecule has 6 heteroatoms. The zero-order valence-electron chi connectivity index (χ0n) is 11.7. The molecule has 0 atom stereocenters. The van der Waals surface area contributed by atoms with Gasteiger partial charge in [-0.1, -0.05) is 53.0 Å². The first-order valence-corrected chi connectivity index (χ1v) is 8.01. The van der Waals surface area contributed by atoms with Crippen LogP contribution in [0.3, 0.4) is 0 Å². The first-order valence-electron chi connectivity index (χ1n) is 6.46. The topological polar surface area (TPSA) is 34.2 Å².